The second-order valence-electron chi connectivity index (χ2n) is 7.85. The van der Waals surface area contributed by atoms with Crippen LogP contribution in [0.3, 0.4) is 0 Å². The number of anilines is 2. The van der Waals surface area contributed by atoms with E-state index in [-0.39, 0.29) is 17.6 Å². The number of carbonyl (C=O) groups excluding carboxylic acids is 2. The minimum atomic E-state index is -0.564. The van der Waals surface area contributed by atoms with E-state index in [0.717, 1.165) is 21.8 Å². The second-order valence-corrected chi connectivity index (χ2v) is 8.66. The van der Waals surface area contributed by atoms with Crippen LogP contribution in [0.2, 0.25) is 0 Å². The third-order valence-corrected chi connectivity index (χ3v) is 5.90. The van der Waals surface area contributed by atoms with Crippen LogP contribution in [-0.2, 0) is 9.53 Å². The highest BCUT2D eigenvalue weighted by molar-refractivity contribution is 7.08. The van der Waals surface area contributed by atoms with E-state index < -0.39 is 17.9 Å². The molecule has 2 amide bonds. The number of aromatic nitrogens is 1. The van der Waals surface area contributed by atoms with Gasteiger partial charge in [-0.2, -0.15) is 4.37 Å². The van der Waals surface area contributed by atoms with Gasteiger partial charge in [-0.3, -0.25) is 4.99 Å². The molecule has 9 heteroatoms. The maximum absolute atomic E-state index is 13.7. The fraction of sp³-hybridized carbons (Fsp3) is 0.280. The molecule has 0 aliphatic heterocycles. The molecule has 0 unspecified atom stereocenters. The molecule has 3 rings (SSSR count). The van der Waals surface area contributed by atoms with E-state index >= 15 is 0 Å². The number of carbonyl (C=O) groups is 2. The first kappa shape index (κ1) is 25.0. The number of halogens is 1. The number of hydrogen-bond donors (Lipinski definition) is 2. The van der Waals surface area contributed by atoms with Crippen molar-refractivity contribution in [3.05, 3.63) is 65.3 Å². The summed E-state index contributed by atoms with van der Waals surface area (Å²) in [6, 6.07) is 14.0. The number of nitrogens with zero attached hydrogens (tertiary/aromatic N) is 2. The molecule has 1 aromatic heterocycles. The first-order valence-corrected chi connectivity index (χ1v) is 11.6. The third kappa shape index (κ3) is 6.26. The molecular weight excluding hydrogens is 455 g/mol. The molecule has 0 spiro atoms. The van der Waals surface area contributed by atoms with E-state index in [1.54, 1.807) is 24.3 Å². The van der Waals surface area contributed by atoms with Gasteiger partial charge in [0, 0.05) is 11.3 Å². The zero-order valence-corrected chi connectivity index (χ0v) is 20.3. The van der Waals surface area contributed by atoms with Gasteiger partial charge in [-0.15, -0.1) is 0 Å². The van der Waals surface area contributed by atoms with Gasteiger partial charge in [0.1, 0.15) is 11.9 Å². The first-order valence-electron chi connectivity index (χ1n) is 10.9. The SMILES string of the molecule is CCC(=N[C@@H](C(=O)OC)C(C)C)c1cc(-c2ccc(NC(=O)Nc3ccccc3F)cc2)ns1. The van der Waals surface area contributed by atoms with Crippen LogP contribution in [0.4, 0.5) is 20.6 Å². The Morgan fingerprint density at radius 2 is 1.82 bits per heavy atom. The summed E-state index contributed by atoms with van der Waals surface area (Å²) in [6.07, 6.45) is 0.655. The first-order chi connectivity index (χ1) is 16.3. The van der Waals surface area contributed by atoms with Gasteiger partial charge in [-0.25, -0.2) is 14.0 Å². The number of nitrogens with one attached hydrogen (secondary N) is 2. The van der Waals surface area contributed by atoms with E-state index in [2.05, 4.69) is 20.0 Å². The molecule has 0 fully saturated rings. The van der Waals surface area contributed by atoms with Crippen molar-refractivity contribution in [3.63, 3.8) is 0 Å². The van der Waals surface area contributed by atoms with Crippen LogP contribution in [0.1, 0.15) is 32.1 Å². The van der Waals surface area contributed by atoms with E-state index in [4.69, 9.17) is 4.74 Å². The van der Waals surface area contributed by atoms with Gasteiger partial charge < -0.3 is 15.4 Å². The van der Waals surface area contributed by atoms with Crippen LogP contribution in [0, 0.1) is 11.7 Å². The number of esters is 1. The molecule has 0 bridgehead atoms. The van der Waals surface area contributed by atoms with Gasteiger partial charge in [0.15, 0.2) is 0 Å². The maximum Gasteiger partial charge on any atom is 0.330 e. The minimum absolute atomic E-state index is 0.0111. The lowest BCUT2D eigenvalue weighted by atomic mass is 10.0. The molecule has 2 aromatic carbocycles. The summed E-state index contributed by atoms with van der Waals surface area (Å²) in [6.45, 7) is 5.85. The molecule has 0 saturated carbocycles. The van der Waals surface area contributed by atoms with Gasteiger partial charge in [0.05, 0.1) is 29.1 Å². The van der Waals surface area contributed by atoms with Gasteiger partial charge in [0.25, 0.3) is 0 Å². The molecule has 7 nitrogen and oxygen atoms in total. The fourth-order valence-corrected chi connectivity index (χ4v) is 4.03. The van der Waals surface area contributed by atoms with Gasteiger partial charge in [0.2, 0.25) is 0 Å². The van der Waals surface area contributed by atoms with Crippen molar-refractivity contribution in [2.24, 2.45) is 10.9 Å². The molecule has 0 aliphatic rings. The Labute approximate surface area is 202 Å². The van der Waals surface area contributed by atoms with Crippen molar-refractivity contribution in [2.75, 3.05) is 17.7 Å². The van der Waals surface area contributed by atoms with Crippen LogP contribution in [0.15, 0.2) is 59.6 Å². The van der Waals surface area contributed by atoms with E-state index in [1.807, 2.05) is 39.0 Å². The summed E-state index contributed by atoms with van der Waals surface area (Å²) in [5.74, 6) is -0.849. The van der Waals surface area contributed by atoms with E-state index in [1.165, 1.54) is 30.8 Å². The quantitative estimate of drug-likeness (QED) is 0.305. The smallest absolute Gasteiger partial charge is 0.330 e. The number of para-hydroxylation sites is 1. The molecule has 0 saturated heterocycles. The van der Waals surface area contributed by atoms with Crippen molar-refractivity contribution >= 4 is 40.6 Å². The molecule has 2 N–H and O–H groups in total. The zero-order chi connectivity index (χ0) is 24.7. The minimum Gasteiger partial charge on any atom is -0.467 e. The molecule has 0 aliphatic carbocycles. The Bertz CT molecular complexity index is 1170. The molecule has 0 radical (unpaired) electrons. The Morgan fingerprint density at radius 1 is 1.12 bits per heavy atom. The molecular formula is C25H27FN4O3S. The standard InChI is InChI=1S/C25H27FN4O3S/c1-5-19(28-23(15(2)3)24(31)33-4)22-14-21(30-34-22)16-10-12-17(13-11-16)27-25(32)29-20-9-7-6-8-18(20)26/h6-15,23H,5H2,1-4H3,(H2,27,29,32)/t23-/m1/s1. The number of methoxy groups -OCH3 is 1. The molecule has 1 heterocycles. The predicted octanol–water partition coefficient (Wildman–Crippen LogP) is 5.99. The lowest BCUT2D eigenvalue weighted by Crippen LogP contribution is -2.27. The number of ether oxygens (including phenoxy) is 1. The fourth-order valence-electron chi connectivity index (χ4n) is 3.21. The summed E-state index contributed by atoms with van der Waals surface area (Å²) in [4.78, 5) is 29.8. The molecule has 1 atom stereocenters. The second kappa shape index (κ2) is 11.5. The van der Waals surface area contributed by atoms with Gasteiger partial charge in [-0.05, 0) is 54.2 Å². The van der Waals surface area contributed by atoms with Gasteiger partial charge in [-0.1, -0.05) is 45.0 Å². The largest absolute Gasteiger partial charge is 0.467 e. The topological polar surface area (TPSA) is 92.7 Å². The maximum atomic E-state index is 13.7. The lowest BCUT2D eigenvalue weighted by Gasteiger charge is -2.15. The number of hydrogen-bond acceptors (Lipinski definition) is 6. The van der Waals surface area contributed by atoms with Crippen LogP contribution >= 0.6 is 11.5 Å². The normalized spacial score (nSPS) is 12.4. The summed E-state index contributed by atoms with van der Waals surface area (Å²) < 4.78 is 23.1. The van der Waals surface area contributed by atoms with Gasteiger partial charge >= 0.3 is 12.0 Å². The summed E-state index contributed by atoms with van der Waals surface area (Å²) in [5.41, 5.74) is 3.10. The summed E-state index contributed by atoms with van der Waals surface area (Å²) in [5, 5.41) is 5.16. The number of aliphatic imine (C=N–C) groups is 1. The average Bonchev–Trinajstić information content (AvgIpc) is 3.31. The monoisotopic (exact) mass is 482 g/mol. The Kier molecular flexibility index (Phi) is 8.48. The summed E-state index contributed by atoms with van der Waals surface area (Å²) in [7, 11) is 1.37. The Morgan fingerprint density at radius 3 is 2.44 bits per heavy atom. The summed E-state index contributed by atoms with van der Waals surface area (Å²) >= 11 is 1.32. The Balaban J connectivity index is 1.71. The van der Waals surface area contributed by atoms with Crippen molar-refractivity contribution in [2.45, 2.75) is 33.2 Å². The Hall–Kier alpha value is -3.59. The molecule has 178 valence electrons. The van der Waals surface area contributed by atoms with Crippen LogP contribution < -0.4 is 10.6 Å². The number of rotatable bonds is 8. The van der Waals surface area contributed by atoms with Crippen LogP contribution in [0.5, 0.6) is 0 Å². The number of urea groups is 1. The van der Waals surface area contributed by atoms with E-state index in [9.17, 15) is 14.0 Å². The lowest BCUT2D eigenvalue weighted by molar-refractivity contribution is -0.143. The highest BCUT2D eigenvalue weighted by Gasteiger charge is 2.23. The average molecular weight is 483 g/mol. The highest BCUT2D eigenvalue weighted by atomic mass is 32.1. The predicted molar refractivity (Wildman–Crippen MR) is 134 cm³/mol. The molecule has 3 aromatic rings. The van der Waals surface area contributed by atoms with Crippen molar-refractivity contribution < 1.29 is 18.7 Å². The molecule has 34 heavy (non-hydrogen) atoms. The highest BCUT2D eigenvalue weighted by Crippen LogP contribution is 2.25. The number of amides is 2. The van der Waals surface area contributed by atoms with Crippen molar-refractivity contribution in [1.29, 1.82) is 0 Å². The van der Waals surface area contributed by atoms with Crippen LogP contribution in [0.25, 0.3) is 11.3 Å². The van der Waals surface area contributed by atoms with Crippen molar-refractivity contribution in [3.8, 4) is 11.3 Å². The number of benzene rings is 2. The zero-order valence-electron chi connectivity index (χ0n) is 19.5. The van der Waals surface area contributed by atoms with Crippen LogP contribution in [-0.4, -0.2) is 35.2 Å². The third-order valence-electron chi connectivity index (χ3n) is 5.06. The van der Waals surface area contributed by atoms with Crippen molar-refractivity contribution in [1.82, 2.24) is 4.37 Å². The van der Waals surface area contributed by atoms with E-state index in [0.29, 0.717) is 12.1 Å².